The zero-order chi connectivity index (χ0) is 15.1. The summed E-state index contributed by atoms with van der Waals surface area (Å²) in [6.45, 7) is 0. The van der Waals surface area contributed by atoms with Crippen LogP contribution in [-0.2, 0) is 11.2 Å². The second-order valence-corrected chi connectivity index (χ2v) is 7.06. The monoisotopic (exact) mass is 300 g/mol. The Balaban J connectivity index is 1.44. The summed E-state index contributed by atoms with van der Waals surface area (Å²) in [5.41, 5.74) is 2.21. The lowest BCUT2D eigenvalue weighted by molar-refractivity contribution is -0.124. The molecule has 4 nitrogen and oxygen atoms in total. The summed E-state index contributed by atoms with van der Waals surface area (Å²) in [5.74, 6) is 0.709. The molecular weight excluding hydrogens is 276 g/mol. The molecule has 0 radical (unpaired) electrons. The number of benzene rings is 1. The van der Waals surface area contributed by atoms with Gasteiger partial charge in [0.2, 0.25) is 5.91 Å². The Bertz CT molecular complexity index is 560. The van der Waals surface area contributed by atoms with Crippen LogP contribution in [0.3, 0.4) is 0 Å². The molecule has 3 unspecified atom stereocenters. The van der Waals surface area contributed by atoms with Crippen molar-refractivity contribution in [2.75, 3.05) is 0 Å². The molecule has 3 aliphatic rings. The van der Waals surface area contributed by atoms with Gasteiger partial charge in [-0.1, -0.05) is 37.1 Å². The number of rotatable bonds is 2. The number of carbonyl (C=O) groups is 1. The van der Waals surface area contributed by atoms with E-state index in [2.05, 4.69) is 10.6 Å². The molecule has 118 valence electrons. The highest BCUT2D eigenvalue weighted by Gasteiger charge is 2.40. The number of hydrogen-bond acceptors (Lipinski definition) is 3. The van der Waals surface area contributed by atoms with Crippen LogP contribution in [-0.4, -0.2) is 29.2 Å². The summed E-state index contributed by atoms with van der Waals surface area (Å²) >= 11 is 0. The standard InChI is InChI=1S/C18H24N2O2/c21-16-10-11-5-1-3-7-13(11)17(16)20-18(22)15-9-12-6-2-4-8-14(12)19-15/h1,3,5,7,12,14-17,19,21H,2,4,6,8-10H2,(H,20,22)/t12?,14?,15?,16-,17+/m0/s1. The lowest BCUT2D eigenvalue weighted by Gasteiger charge is -2.24. The second kappa shape index (κ2) is 5.67. The van der Waals surface area contributed by atoms with E-state index < -0.39 is 6.10 Å². The van der Waals surface area contributed by atoms with Crippen LogP contribution >= 0.6 is 0 Å². The van der Waals surface area contributed by atoms with Gasteiger partial charge in [0.05, 0.1) is 18.2 Å². The van der Waals surface area contributed by atoms with E-state index >= 15 is 0 Å². The van der Waals surface area contributed by atoms with E-state index in [0.717, 1.165) is 17.5 Å². The van der Waals surface area contributed by atoms with E-state index in [4.69, 9.17) is 0 Å². The normalized spacial score (nSPS) is 36.7. The van der Waals surface area contributed by atoms with Gasteiger partial charge in [0, 0.05) is 12.5 Å². The number of aliphatic hydroxyl groups excluding tert-OH is 1. The van der Waals surface area contributed by atoms with Crippen molar-refractivity contribution in [1.29, 1.82) is 0 Å². The minimum absolute atomic E-state index is 0.0511. The van der Waals surface area contributed by atoms with E-state index in [9.17, 15) is 9.90 Å². The van der Waals surface area contributed by atoms with Crippen LogP contribution in [0, 0.1) is 5.92 Å². The largest absolute Gasteiger partial charge is 0.390 e. The molecule has 0 bridgehead atoms. The maximum absolute atomic E-state index is 12.6. The van der Waals surface area contributed by atoms with Gasteiger partial charge in [0.15, 0.2) is 0 Å². The molecule has 22 heavy (non-hydrogen) atoms. The molecule has 1 aromatic rings. The van der Waals surface area contributed by atoms with Gasteiger partial charge in [-0.2, -0.15) is 0 Å². The molecule has 1 aliphatic heterocycles. The Morgan fingerprint density at radius 3 is 2.91 bits per heavy atom. The third kappa shape index (κ3) is 2.44. The number of fused-ring (bicyclic) bond motifs is 2. The van der Waals surface area contributed by atoms with Crippen molar-refractivity contribution in [2.24, 2.45) is 5.92 Å². The number of carbonyl (C=O) groups excluding carboxylic acids is 1. The first-order chi connectivity index (χ1) is 10.7. The predicted octanol–water partition coefficient (Wildman–Crippen LogP) is 1.68. The summed E-state index contributed by atoms with van der Waals surface area (Å²) in [4.78, 5) is 12.6. The summed E-state index contributed by atoms with van der Waals surface area (Å²) in [6, 6.07) is 8.18. The molecule has 4 rings (SSSR count). The van der Waals surface area contributed by atoms with E-state index in [-0.39, 0.29) is 18.0 Å². The summed E-state index contributed by atoms with van der Waals surface area (Å²) in [5, 5.41) is 16.9. The third-order valence-electron chi connectivity index (χ3n) is 5.68. The van der Waals surface area contributed by atoms with Crippen LogP contribution in [0.1, 0.15) is 49.3 Å². The fourth-order valence-corrected chi connectivity index (χ4v) is 4.52. The minimum atomic E-state index is -0.509. The summed E-state index contributed by atoms with van der Waals surface area (Å²) in [6.07, 6.45) is 6.08. The molecule has 1 amide bonds. The van der Waals surface area contributed by atoms with E-state index in [1.165, 1.54) is 25.7 Å². The van der Waals surface area contributed by atoms with Gasteiger partial charge < -0.3 is 15.7 Å². The van der Waals surface area contributed by atoms with Gasteiger partial charge in [0.25, 0.3) is 0 Å². The summed E-state index contributed by atoms with van der Waals surface area (Å²) in [7, 11) is 0. The molecule has 0 aromatic heterocycles. The number of hydrogen-bond donors (Lipinski definition) is 3. The lowest BCUT2D eigenvalue weighted by atomic mass is 9.85. The maximum atomic E-state index is 12.6. The molecule has 2 fully saturated rings. The molecular formula is C18H24N2O2. The van der Waals surface area contributed by atoms with Crippen LogP contribution in [0.25, 0.3) is 0 Å². The van der Waals surface area contributed by atoms with E-state index in [1.54, 1.807) is 0 Å². The Labute approximate surface area is 131 Å². The Morgan fingerprint density at radius 2 is 2.05 bits per heavy atom. The smallest absolute Gasteiger partial charge is 0.237 e. The van der Waals surface area contributed by atoms with Gasteiger partial charge in [-0.3, -0.25) is 4.79 Å². The molecule has 3 N–H and O–H groups in total. The molecule has 2 aliphatic carbocycles. The van der Waals surface area contributed by atoms with E-state index in [0.29, 0.717) is 18.4 Å². The van der Waals surface area contributed by atoms with Crippen molar-refractivity contribution in [3.05, 3.63) is 35.4 Å². The SMILES string of the molecule is O=C(N[C@@H]1c2ccccc2C[C@@H]1O)C1CC2CCCCC2N1. The van der Waals surface area contributed by atoms with Crippen molar-refractivity contribution in [3.63, 3.8) is 0 Å². The molecule has 1 heterocycles. The summed E-state index contributed by atoms with van der Waals surface area (Å²) < 4.78 is 0. The molecule has 1 saturated carbocycles. The van der Waals surface area contributed by atoms with Crippen molar-refractivity contribution < 1.29 is 9.90 Å². The van der Waals surface area contributed by atoms with Gasteiger partial charge in [-0.25, -0.2) is 0 Å². The molecule has 4 heteroatoms. The van der Waals surface area contributed by atoms with Gasteiger partial charge in [0.1, 0.15) is 0 Å². The quantitative estimate of drug-likeness (QED) is 0.779. The highest BCUT2D eigenvalue weighted by atomic mass is 16.3. The first kappa shape index (κ1) is 14.2. The number of aliphatic hydroxyl groups is 1. The highest BCUT2D eigenvalue weighted by Crippen LogP contribution is 2.35. The first-order valence-corrected chi connectivity index (χ1v) is 8.54. The Kier molecular flexibility index (Phi) is 3.66. The third-order valence-corrected chi connectivity index (χ3v) is 5.68. The van der Waals surface area contributed by atoms with Crippen molar-refractivity contribution in [3.8, 4) is 0 Å². The van der Waals surface area contributed by atoms with Crippen LogP contribution < -0.4 is 10.6 Å². The van der Waals surface area contributed by atoms with Gasteiger partial charge >= 0.3 is 0 Å². The van der Waals surface area contributed by atoms with Crippen molar-refractivity contribution in [1.82, 2.24) is 10.6 Å². The first-order valence-electron chi connectivity index (χ1n) is 8.54. The van der Waals surface area contributed by atoms with Crippen LogP contribution in [0.2, 0.25) is 0 Å². The second-order valence-electron chi connectivity index (χ2n) is 7.06. The zero-order valence-electron chi connectivity index (χ0n) is 12.8. The fourth-order valence-electron chi connectivity index (χ4n) is 4.52. The van der Waals surface area contributed by atoms with Crippen molar-refractivity contribution in [2.45, 2.75) is 62.8 Å². The zero-order valence-corrected chi connectivity index (χ0v) is 12.8. The maximum Gasteiger partial charge on any atom is 0.237 e. The van der Waals surface area contributed by atoms with Crippen LogP contribution in [0.4, 0.5) is 0 Å². The minimum Gasteiger partial charge on any atom is -0.390 e. The molecule has 1 aromatic carbocycles. The van der Waals surface area contributed by atoms with Gasteiger partial charge in [-0.05, 0) is 36.3 Å². The molecule has 1 saturated heterocycles. The Morgan fingerprint density at radius 1 is 1.23 bits per heavy atom. The Hall–Kier alpha value is -1.39. The number of nitrogens with one attached hydrogen (secondary N) is 2. The molecule has 5 atom stereocenters. The van der Waals surface area contributed by atoms with Gasteiger partial charge in [-0.15, -0.1) is 0 Å². The number of amides is 1. The average Bonchev–Trinajstić information content (AvgIpc) is 3.09. The van der Waals surface area contributed by atoms with E-state index in [1.807, 2.05) is 24.3 Å². The average molecular weight is 300 g/mol. The lowest BCUT2D eigenvalue weighted by Crippen LogP contribution is -2.45. The fraction of sp³-hybridized carbons (Fsp3) is 0.611. The van der Waals surface area contributed by atoms with Crippen LogP contribution in [0.15, 0.2) is 24.3 Å². The topological polar surface area (TPSA) is 61.4 Å². The predicted molar refractivity (Wildman–Crippen MR) is 84.3 cm³/mol. The van der Waals surface area contributed by atoms with Crippen molar-refractivity contribution >= 4 is 5.91 Å². The molecule has 0 spiro atoms. The van der Waals surface area contributed by atoms with Crippen LogP contribution in [0.5, 0.6) is 0 Å². The highest BCUT2D eigenvalue weighted by molar-refractivity contribution is 5.83.